The number of hydrogen-bond acceptors (Lipinski definition) is 2. The zero-order valence-corrected chi connectivity index (χ0v) is 12.2. The van der Waals surface area contributed by atoms with Gasteiger partial charge in [-0.2, -0.15) is 0 Å². The zero-order chi connectivity index (χ0) is 15.2. The molecule has 0 bridgehead atoms. The fourth-order valence-corrected chi connectivity index (χ4v) is 2.13. The lowest BCUT2D eigenvalue weighted by molar-refractivity contribution is 0.0940. The Balaban J connectivity index is 2.12. The summed E-state index contributed by atoms with van der Waals surface area (Å²) >= 11 is 0. The van der Waals surface area contributed by atoms with E-state index in [1.807, 2.05) is 32.0 Å². The predicted molar refractivity (Wildman–Crippen MR) is 82.9 cm³/mol. The van der Waals surface area contributed by atoms with Crippen LogP contribution in [-0.4, -0.2) is 12.5 Å². The van der Waals surface area contributed by atoms with E-state index < -0.39 is 0 Å². The summed E-state index contributed by atoms with van der Waals surface area (Å²) in [5.74, 6) is -0.432. The number of nitrogens with one attached hydrogen (secondary N) is 2. The minimum atomic E-state index is -0.283. The van der Waals surface area contributed by atoms with E-state index in [1.54, 1.807) is 18.2 Å². The van der Waals surface area contributed by atoms with Gasteiger partial charge in [0.2, 0.25) is 0 Å². The Morgan fingerprint density at radius 2 is 1.81 bits per heavy atom. The Kier molecular flexibility index (Phi) is 4.93. The first-order valence-electron chi connectivity index (χ1n) is 7.01. The summed E-state index contributed by atoms with van der Waals surface area (Å²) in [4.78, 5) is 12.4. The van der Waals surface area contributed by atoms with Crippen molar-refractivity contribution in [3.63, 3.8) is 0 Å². The molecule has 0 aromatic heterocycles. The fraction of sp³-hybridized carbons (Fsp3) is 0.235. The van der Waals surface area contributed by atoms with Crippen LogP contribution in [0.4, 0.5) is 10.1 Å². The summed E-state index contributed by atoms with van der Waals surface area (Å²) < 4.78 is 12.9. The highest BCUT2D eigenvalue weighted by Gasteiger charge is 2.14. The second-order valence-electron chi connectivity index (χ2n) is 4.82. The molecule has 1 atom stereocenters. The van der Waals surface area contributed by atoms with Crippen molar-refractivity contribution >= 4 is 11.6 Å². The van der Waals surface area contributed by atoms with E-state index in [9.17, 15) is 9.18 Å². The third-order valence-electron chi connectivity index (χ3n) is 3.26. The molecular formula is C17H19FN2O. The van der Waals surface area contributed by atoms with E-state index in [0.29, 0.717) is 5.56 Å². The molecule has 0 unspecified atom stereocenters. The standard InChI is InChI=1S/C17H19FN2O/c1-3-19-16-7-5-4-6-15(16)17(21)20-12(2)13-8-10-14(18)11-9-13/h4-12,19H,3H2,1-2H3,(H,20,21)/t12-/m0/s1. The minimum Gasteiger partial charge on any atom is -0.385 e. The number of amides is 1. The molecule has 2 aromatic rings. The third-order valence-corrected chi connectivity index (χ3v) is 3.26. The Morgan fingerprint density at radius 1 is 1.14 bits per heavy atom. The first-order chi connectivity index (χ1) is 10.1. The molecule has 0 fully saturated rings. The summed E-state index contributed by atoms with van der Waals surface area (Å²) in [6.07, 6.45) is 0. The smallest absolute Gasteiger partial charge is 0.253 e. The Bertz CT molecular complexity index is 610. The molecule has 0 saturated carbocycles. The number of halogens is 1. The van der Waals surface area contributed by atoms with Crippen molar-refractivity contribution < 1.29 is 9.18 Å². The molecule has 2 N–H and O–H groups in total. The van der Waals surface area contributed by atoms with Crippen LogP contribution in [0, 0.1) is 5.82 Å². The largest absolute Gasteiger partial charge is 0.385 e. The van der Waals surface area contributed by atoms with Crippen molar-refractivity contribution in [2.45, 2.75) is 19.9 Å². The lowest BCUT2D eigenvalue weighted by Gasteiger charge is -2.16. The predicted octanol–water partition coefficient (Wildman–Crippen LogP) is 3.75. The molecule has 2 rings (SSSR count). The van der Waals surface area contributed by atoms with E-state index in [2.05, 4.69) is 10.6 Å². The van der Waals surface area contributed by atoms with Gasteiger partial charge in [-0.3, -0.25) is 4.79 Å². The first kappa shape index (κ1) is 15.0. The summed E-state index contributed by atoms with van der Waals surface area (Å²) in [5, 5.41) is 6.10. The number of carbonyl (C=O) groups is 1. The van der Waals surface area contributed by atoms with Gasteiger partial charge in [-0.15, -0.1) is 0 Å². The highest BCUT2D eigenvalue weighted by Crippen LogP contribution is 2.18. The van der Waals surface area contributed by atoms with Crippen LogP contribution in [0.5, 0.6) is 0 Å². The van der Waals surface area contributed by atoms with Gasteiger partial charge in [-0.05, 0) is 43.7 Å². The van der Waals surface area contributed by atoms with Crippen LogP contribution >= 0.6 is 0 Å². The molecule has 0 aliphatic carbocycles. The van der Waals surface area contributed by atoms with Crippen LogP contribution in [-0.2, 0) is 0 Å². The van der Waals surface area contributed by atoms with Crippen molar-refractivity contribution in [3.05, 3.63) is 65.5 Å². The molecule has 0 spiro atoms. The lowest BCUT2D eigenvalue weighted by atomic mass is 10.1. The minimum absolute atomic E-state index is 0.150. The Hall–Kier alpha value is -2.36. The fourth-order valence-electron chi connectivity index (χ4n) is 2.13. The number of benzene rings is 2. The average molecular weight is 286 g/mol. The maximum absolute atomic E-state index is 12.9. The van der Waals surface area contributed by atoms with Gasteiger partial charge in [0.15, 0.2) is 0 Å². The van der Waals surface area contributed by atoms with Gasteiger partial charge < -0.3 is 10.6 Å². The van der Waals surface area contributed by atoms with Crippen molar-refractivity contribution in [2.24, 2.45) is 0 Å². The van der Waals surface area contributed by atoms with Crippen LogP contribution < -0.4 is 10.6 Å². The second kappa shape index (κ2) is 6.88. The summed E-state index contributed by atoms with van der Waals surface area (Å²) in [6.45, 7) is 4.61. The highest BCUT2D eigenvalue weighted by molar-refractivity contribution is 5.99. The molecule has 4 heteroatoms. The molecule has 0 heterocycles. The maximum atomic E-state index is 12.9. The molecule has 21 heavy (non-hydrogen) atoms. The average Bonchev–Trinajstić information content (AvgIpc) is 2.48. The molecule has 0 saturated heterocycles. The number of hydrogen-bond donors (Lipinski definition) is 2. The molecular weight excluding hydrogens is 267 g/mol. The number of carbonyl (C=O) groups excluding carboxylic acids is 1. The van der Waals surface area contributed by atoms with E-state index in [1.165, 1.54) is 12.1 Å². The molecule has 3 nitrogen and oxygen atoms in total. The van der Waals surface area contributed by atoms with Crippen LogP contribution in [0.25, 0.3) is 0 Å². The molecule has 0 aliphatic rings. The molecule has 2 aromatic carbocycles. The summed E-state index contributed by atoms with van der Waals surface area (Å²) in [7, 11) is 0. The molecule has 0 aliphatic heterocycles. The summed E-state index contributed by atoms with van der Waals surface area (Å²) in [6, 6.07) is 13.3. The topological polar surface area (TPSA) is 41.1 Å². The number of para-hydroxylation sites is 1. The molecule has 110 valence electrons. The summed E-state index contributed by atoms with van der Waals surface area (Å²) in [5.41, 5.74) is 2.28. The lowest BCUT2D eigenvalue weighted by Crippen LogP contribution is -2.27. The van der Waals surface area contributed by atoms with E-state index in [4.69, 9.17) is 0 Å². The van der Waals surface area contributed by atoms with Crippen molar-refractivity contribution in [3.8, 4) is 0 Å². The van der Waals surface area contributed by atoms with Gasteiger partial charge in [0.25, 0.3) is 5.91 Å². The SMILES string of the molecule is CCNc1ccccc1C(=O)N[C@@H](C)c1ccc(F)cc1. The van der Waals surface area contributed by atoms with Gasteiger partial charge in [0.1, 0.15) is 5.82 Å². The van der Waals surface area contributed by atoms with Gasteiger partial charge in [-0.25, -0.2) is 4.39 Å². The molecule has 0 radical (unpaired) electrons. The van der Waals surface area contributed by atoms with Gasteiger partial charge in [0.05, 0.1) is 11.6 Å². The highest BCUT2D eigenvalue weighted by atomic mass is 19.1. The van der Waals surface area contributed by atoms with Gasteiger partial charge in [0, 0.05) is 12.2 Å². The quantitative estimate of drug-likeness (QED) is 0.879. The number of rotatable bonds is 5. The van der Waals surface area contributed by atoms with Gasteiger partial charge >= 0.3 is 0 Å². The van der Waals surface area contributed by atoms with Crippen molar-refractivity contribution in [1.82, 2.24) is 5.32 Å². The second-order valence-corrected chi connectivity index (χ2v) is 4.82. The van der Waals surface area contributed by atoms with E-state index in [0.717, 1.165) is 17.8 Å². The normalized spacial score (nSPS) is 11.8. The third kappa shape index (κ3) is 3.81. The van der Waals surface area contributed by atoms with Crippen LogP contribution in [0.1, 0.15) is 35.8 Å². The molecule has 1 amide bonds. The Labute approximate surface area is 124 Å². The van der Waals surface area contributed by atoms with E-state index >= 15 is 0 Å². The van der Waals surface area contributed by atoms with E-state index in [-0.39, 0.29) is 17.8 Å². The van der Waals surface area contributed by atoms with Crippen LogP contribution in [0.3, 0.4) is 0 Å². The number of anilines is 1. The van der Waals surface area contributed by atoms with Gasteiger partial charge in [-0.1, -0.05) is 24.3 Å². The first-order valence-corrected chi connectivity index (χ1v) is 7.01. The van der Waals surface area contributed by atoms with Crippen molar-refractivity contribution in [2.75, 3.05) is 11.9 Å². The Morgan fingerprint density at radius 3 is 2.48 bits per heavy atom. The van der Waals surface area contributed by atoms with Crippen molar-refractivity contribution in [1.29, 1.82) is 0 Å². The van der Waals surface area contributed by atoms with Crippen LogP contribution in [0.2, 0.25) is 0 Å². The van der Waals surface area contributed by atoms with Crippen LogP contribution in [0.15, 0.2) is 48.5 Å². The maximum Gasteiger partial charge on any atom is 0.253 e. The monoisotopic (exact) mass is 286 g/mol. The zero-order valence-electron chi connectivity index (χ0n) is 12.2.